The van der Waals surface area contributed by atoms with Crippen LogP contribution in [0.1, 0.15) is 10.4 Å². The summed E-state index contributed by atoms with van der Waals surface area (Å²) >= 11 is 5.01. The zero-order chi connectivity index (χ0) is 17.5. The molecule has 1 N–H and O–H groups in total. The van der Waals surface area contributed by atoms with Gasteiger partial charge in [0.1, 0.15) is 0 Å². The molecule has 0 saturated carbocycles. The Morgan fingerprint density at radius 2 is 2.16 bits per heavy atom. The molecule has 6 heteroatoms. The first-order valence-corrected chi connectivity index (χ1v) is 9.89. The molecular weight excluding hydrogens is 400 g/mol. The number of hydrogen-bond donors (Lipinski definition) is 1. The van der Waals surface area contributed by atoms with Crippen molar-refractivity contribution >= 4 is 39.2 Å². The highest BCUT2D eigenvalue weighted by Crippen LogP contribution is 2.22. The number of rotatable bonds is 6. The van der Waals surface area contributed by atoms with Crippen molar-refractivity contribution in [3.05, 3.63) is 62.8 Å². The summed E-state index contributed by atoms with van der Waals surface area (Å²) in [6, 6.07) is 14.4. The Bertz CT molecular complexity index is 717. The van der Waals surface area contributed by atoms with Gasteiger partial charge in [-0.25, -0.2) is 0 Å². The Morgan fingerprint density at radius 1 is 1.32 bits per heavy atom. The van der Waals surface area contributed by atoms with Gasteiger partial charge in [-0.05, 0) is 39.7 Å². The first-order chi connectivity index (χ1) is 12.2. The number of halogens is 1. The van der Waals surface area contributed by atoms with E-state index in [1.165, 1.54) is 5.56 Å². The molecule has 0 aliphatic carbocycles. The maximum atomic E-state index is 12.0. The monoisotopic (exact) mass is 420 g/mol. The number of benzene rings is 1. The Kier molecular flexibility index (Phi) is 6.81. The maximum absolute atomic E-state index is 12.0. The molecule has 1 aromatic carbocycles. The lowest BCUT2D eigenvalue weighted by Gasteiger charge is -2.33. The molecule has 1 aromatic heterocycles. The smallest absolute Gasteiger partial charge is 0.244 e. The number of carbonyl (C=O) groups excluding carboxylic acids is 1. The van der Waals surface area contributed by atoms with E-state index in [-0.39, 0.29) is 12.0 Å². The largest absolute Gasteiger partial charge is 0.374 e. The van der Waals surface area contributed by atoms with Gasteiger partial charge >= 0.3 is 0 Å². The fourth-order valence-corrected chi connectivity index (χ4v) is 4.06. The molecule has 1 unspecified atom stereocenters. The highest BCUT2D eigenvalue weighted by Gasteiger charge is 2.20. The highest BCUT2D eigenvalue weighted by atomic mass is 79.9. The van der Waals surface area contributed by atoms with E-state index in [1.807, 2.05) is 24.3 Å². The van der Waals surface area contributed by atoms with E-state index in [1.54, 1.807) is 17.4 Å². The molecule has 2 heterocycles. The number of nitrogens with zero attached hydrogens (tertiary/aromatic N) is 1. The Balaban J connectivity index is 1.43. The lowest BCUT2D eigenvalue weighted by atomic mass is 10.2. The summed E-state index contributed by atoms with van der Waals surface area (Å²) in [7, 11) is 0. The van der Waals surface area contributed by atoms with E-state index < -0.39 is 0 Å². The predicted molar refractivity (Wildman–Crippen MR) is 106 cm³/mol. The normalized spacial score (nSPS) is 18.5. The first kappa shape index (κ1) is 18.3. The van der Waals surface area contributed by atoms with Gasteiger partial charge in [-0.15, -0.1) is 11.3 Å². The third-order valence-electron chi connectivity index (χ3n) is 3.97. The van der Waals surface area contributed by atoms with E-state index in [4.69, 9.17) is 4.74 Å². The summed E-state index contributed by atoms with van der Waals surface area (Å²) < 4.78 is 6.83. The minimum Gasteiger partial charge on any atom is -0.374 e. The molecule has 4 nitrogen and oxygen atoms in total. The second-order valence-corrected chi connectivity index (χ2v) is 8.43. The quantitative estimate of drug-likeness (QED) is 0.726. The highest BCUT2D eigenvalue weighted by molar-refractivity contribution is 9.11. The van der Waals surface area contributed by atoms with Crippen LogP contribution in [0.3, 0.4) is 0 Å². The van der Waals surface area contributed by atoms with Crippen LogP contribution in [0.15, 0.2) is 52.3 Å². The summed E-state index contributed by atoms with van der Waals surface area (Å²) in [6.07, 6.45) is 3.43. The molecule has 2 aromatic rings. The molecule has 1 aliphatic heterocycles. The van der Waals surface area contributed by atoms with Crippen molar-refractivity contribution in [2.75, 3.05) is 26.2 Å². The number of nitrogens with one attached hydrogen (secondary N) is 1. The lowest BCUT2D eigenvalue weighted by Crippen LogP contribution is -2.46. The van der Waals surface area contributed by atoms with Gasteiger partial charge in [-0.3, -0.25) is 9.69 Å². The summed E-state index contributed by atoms with van der Waals surface area (Å²) in [4.78, 5) is 15.4. The minimum atomic E-state index is -0.0895. The molecule has 1 aliphatic rings. The third kappa shape index (κ3) is 6.08. The number of thiophene rings is 1. The van der Waals surface area contributed by atoms with E-state index >= 15 is 0 Å². The summed E-state index contributed by atoms with van der Waals surface area (Å²) in [6.45, 7) is 3.90. The average molecular weight is 421 g/mol. The van der Waals surface area contributed by atoms with E-state index in [0.717, 1.165) is 28.3 Å². The van der Waals surface area contributed by atoms with Crippen molar-refractivity contribution < 1.29 is 9.53 Å². The molecule has 1 saturated heterocycles. The molecule has 1 atom stereocenters. The van der Waals surface area contributed by atoms with E-state index in [2.05, 4.69) is 50.4 Å². The molecular formula is C19H21BrN2O2S. The Hall–Kier alpha value is -1.47. The molecule has 1 fully saturated rings. The van der Waals surface area contributed by atoms with Crippen LogP contribution in [0.5, 0.6) is 0 Å². The second kappa shape index (κ2) is 9.29. The van der Waals surface area contributed by atoms with Crippen LogP contribution in [0, 0.1) is 0 Å². The standard InChI is InChI=1S/C19H21BrN2O2S/c20-18-8-6-17(25-18)7-9-19(23)21-12-16-14-22(10-11-24-16)13-15-4-2-1-3-5-15/h1-9,16H,10-14H2,(H,21,23)/b9-7+. The Morgan fingerprint density at radius 3 is 2.92 bits per heavy atom. The molecule has 132 valence electrons. The maximum Gasteiger partial charge on any atom is 0.244 e. The summed E-state index contributed by atoms with van der Waals surface area (Å²) in [5.74, 6) is -0.0895. The predicted octanol–water partition coefficient (Wildman–Crippen LogP) is 3.54. The van der Waals surface area contributed by atoms with E-state index in [9.17, 15) is 4.79 Å². The van der Waals surface area contributed by atoms with Crippen molar-refractivity contribution in [1.29, 1.82) is 0 Å². The zero-order valence-corrected chi connectivity index (χ0v) is 16.3. The molecule has 1 amide bonds. The molecule has 0 radical (unpaired) electrons. The average Bonchev–Trinajstić information content (AvgIpc) is 3.05. The van der Waals surface area contributed by atoms with E-state index in [0.29, 0.717) is 13.2 Å². The minimum absolute atomic E-state index is 0.0331. The van der Waals surface area contributed by atoms with Crippen LogP contribution >= 0.6 is 27.3 Å². The molecule has 0 bridgehead atoms. The summed E-state index contributed by atoms with van der Waals surface area (Å²) in [5, 5.41) is 2.93. The van der Waals surface area contributed by atoms with Crippen LogP contribution in [0.25, 0.3) is 6.08 Å². The topological polar surface area (TPSA) is 41.6 Å². The van der Waals surface area contributed by atoms with Crippen molar-refractivity contribution in [3.8, 4) is 0 Å². The first-order valence-electron chi connectivity index (χ1n) is 8.28. The van der Waals surface area contributed by atoms with Gasteiger partial charge in [-0.2, -0.15) is 0 Å². The second-order valence-electron chi connectivity index (χ2n) is 5.93. The van der Waals surface area contributed by atoms with Gasteiger partial charge in [0.05, 0.1) is 16.5 Å². The van der Waals surface area contributed by atoms with Crippen LogP contribution in [-0.4, -0.2) is 43.2 Å². The number of amides is 1. The van der Waals surface area contributed by atoms with Crippen molar-refractivity contribution in [3.63, 3.8) is 0 Å². The number of carbonyl (C=O) groups is 1. The van der Waals surface area contributed by atoms with Crippen molar-refractivity contribution in [2.45, 2.75) is 12.6 Å². The van der Waals surface area contributed by atoms with Crippen molar-refractivity contribution in [1.82, 2.24) is 10.2 Å². The Labute approximate surface area is 160 Å². The molecule has 0 spiro atoms. The van der Waals surface area contributed by atoms with Gasteiger partial charge < -0.3 is 10.1 Å². The van der Waals surface area contributed by atoms with Crippen molar-refractivity contribution in [2.24, 2.45) is 0 Å². The third-order valence-corrected chi connectivity index (χ3v) is 5.56. The van der Waals surface area contributed by atoms with Crippen LogP contribution in [0.4, 0.5) is 0 Å². The molecule has 25 heavy (non-hydrogen) atoms. The molecule has 3 rings (SSSR count). The zero-order valence-electron chi connectivity index (χ0n) is 13.9. The van der Waals surface area contributed by atoms with Gasteiger partial charge in [0.15, 0.2) is 0 Å². The fourth-order valence-electron chi connectivity index (χ4n) is 2.74. The number of ether oxygens (including phenoxy) is 1. The fraction of sp³-hybridized carbons (Fsp3) is 0.316. The van der Waals surface area contributed by atoms with Crippen LogP contribution < -0.4 is 5.32 Å². The lowest BCUT2D eigenvalue weighted by molar-refractivity contribution is -0.117. The SMILES string of the molecule is O=C(/C=C/c1ccc(Br)s1)NCC1CN(Cc2ccccc2)CCO1. The van der Waals surface area contributed by atoms with Gasteiger partial charge in [0, 0.05) is 37.1 Å². The van der Waals surface area contributed by atoms with Gasteiger partial charge in [0.25, 0.3) is 0 Å². The number of hydrogen-bond acceptors (Lipinski definition) is 4. The van der Waals surface area contributed by atoms with Gasteiger partial charge in [-0.1, -0.05) is 30.3 Å². The van der Waals surface area contributed by atoms with Crippen LogP contribution in [0.2, 0.25) is 0 Å². The number of morpholine rings is 1. The van der Waals surface area contributed by atoms with Gasteiger partial charge in [0.2, 0.25) is 5.91 Å². The summed E-state index contributed by atoms with van der Waals surface area (Å²) in [5.41, 5.74) is 1.30. The van der Waals surface area contributed by atoms with Crippen LogP contribution in [-0.2, 0) is 16.1 Å².